The van der Waals surface area contributed by atoms with E-state index in [1.807, 2.05) is 30.3 Å². The third-order valence-corrected chi connectivity index (χ3v) is 4.38. The molecule has 2 aromatic rings. The minimum Gasteiger partial charge on any atom is -0.469 e. The number of rotatable bonds is 7. The molecule has 1 aromatic heterocycles. The van der Waals surface area contributed by atoms with Gasteiger partial charge in [0, 0.05) is 24.0 Å². The van der Waals surface area contributed by atoms with Gasteiger partial charge in [-0.05, 0) is 43.2 Å². The van der Waals surface area contributed by atoms with Gasteiger partial charge in [-0.1, -0.05) is 12.1 Å². The molecular formula is C19H21N3O3. The van der Waals surface area contributed by atoms with Crippen LogP contribution in [0.3, 0.4) is 0 Å². The van der Waals surface area contributed by atoms with E-state index < -0.39 is 5.41 Å². The van der Waals surface area contributed by atoms with Crippen molar-refractivity contribution >= 4 is 17.6 Å². The number of pyridine rings is 1. The molecule has 0 spiro atoms. The Bertz CT molecular complexity index is 758. The molecule has 1 amide bonds. The molecule has 3 rings (SSSR count). The Morgan fingerprint density at radius 3 is 2.72 bits per heavy atom. The van der Waals surface area contributed by atoms with Gasteiger partial charge in [0.05, 0.1) is 24.8 Å². The Morgan fingerprint density at radius 2 is 2.04 bits per heavy atom. The molecule has 130 valence electrons. The van der Waals surface area contributed by atoms with Crippen molar-refractivity contribution in [2.45, 2.75) is 19.4 Å². The molecule has 0 atom stereocenters. The molecule has 1 aliphatic rings. The van der Waals surface area contributed by atoms with Gasteiger partial charge in [-0.3, -0.25) is 14.6 Å². The van der Waals surface area contributed by atoms with Crippen LogP contribution in [0.25, 0.3) is 0 Å². The fraction of sp³-hybridized carbons (Fsp3) is 0.316. The van der Waals surface area contributed by atoms with E-state index in [9.17, 15) is 9.59 Å². The number of hydrogen-bond acceptors (Lipinski definition) is 5. The number of methoxy groups -OCH3 is 1. The number of anilines is 1. The van der Waals surface area contributed by atoms with Crippen LogP contribution in [-0.4, -0.2) is 30.5 Å². The summed E-state index contributed by atoms with van der Waals surface area (Å²) in [7, 11) is 1.38. The predicted molar refractivity (Wildman–Crippen MR) is 94.0 cm³/mol. The van der Waals surface area contributed by atoms with E-state index in [-0.39, 0.29) is 11.9 Å². The SMILES string of the molecule is COC(=O)C1(CNC(=O)c2cccc(NCc3ccccn3)c2)CC1. The van der Waals surface area contributed by atoms with Gasteiger partial charge in [-0.2, -0.15) is 0 Å². The molecule has 6 nitrogen and oxygen atoms in total. The van der Waals surface area contributed by atoms with Gasteiger partial charge in [-0.25, -0.2) is 0 Å². The number of carbonyl (C=O) groups is 2. The minimum atomic E-state index is -0.529. The van der Waals surface area contributed by atoms with Gasteiger partial charge in [0.25, 0.3) is 5.91 Å². The quantitative estimate of drug-likeness (QED) is 0.757. The van der Waals surface area contributed by atoms with E-state index in [0.717, 1.165) is 24.2 Å². The van der Waals surface area contributed by atoms with Crippen molar-refractivity contribution in [3.8, 4) is 0 Å². The van der Waals surface area contributed by atoms with Crippen LogP contribution in [0, 0.1) is 5.41 Å². The predicted octanol–water partition coefficient (Wildman–Crippen LogP) is 2.38. The molecule has 1 heterocycles. The molecule has 2 N–H and O–H groups in total. The van der Waals surface area contributed by atoms with Crippen molar-refractivity contribution in [1.82, 2.24) is 10.3 Å². The Balaban J connectivity index is 1.57. The molecule has 1 aliphatic carbocycles. The summed E-state index contributed by atoms with van der Waals surface area (Å²) >= 11 is 0. The summed E-state index contributed by atoms with van der Waals surface area (Å²) in [6.45, 7) is 0.890. The number of nitrogens with one attached hydrogen (secondary N) is 2. The third kappa shape index (κ3) is 4.15. The van der Waals surface area contributed by atoms with Crippen molar-refractivity contribution in [1.29, 1.82) is 0 Å². The molecule has 0 radical (unpaired) electrons. The zero-order valence-corrected chi connectivity index (χ0v) is 14.1. The minimum absolute atomic E-state index is 0.198. The topological polar surface area (TPSA) is 80.3 Å². The number of ether oxygens (including phenoxy) is 1. The van der Waals surface area contributed by atoms with Crippen molar-refractivity contribution in [3.05, 3.63) is 59.9 Å². The summed E-state index contributed by atoms with van der Waals surface area (Å²) in [4.78, 5) is 28.3. The van der Waals surface area contributed by atoms with E-state index in [1.165, 1.54) is 7.11 Å². The smallest absolute Gasteiger partial charge is 0.313 e. The largest absolute Gasteiger partial charge is 0.469 e. The highest BCUT2D eigenvalue weighted by Crippen LogP contribution is 2.46. The Kier molecular flexibility index (Phi) is 4.97. The second kappa shape index (κ2) is 7.34. The Labute approximate surface area is 146 Å². The molecule has 0 saturated heterocycles. The van der Waals surface area contributed by atoms with Crippen molar-refractivity contribution in [2.75, 3.05) is 19.0 Å². The van der Waals surface area contributed by atoms with Gasteiger partial charge in [0.15, 0.2) is 0 Å². The first-order valence-electron chi connectivity index (χ1n) is 8.23. The van der Waals surface area contributed by atoms with Crippen molar-refractivity contribution in [3.63, 3.8) is 0 Å². The summed E-state index contributed by atoms with van der Waals surface area (Å²) in [6, 6.07) is 13.0. The second-order valence-corrected chi connectivity index (χ2v) is 6.21. The number of amides is 1. The van der Waals surface area contributed by atoms with Gasteiger partial charge >= 0.3 is 5.97 Å². The lowest BCUT2D eigenvalue weighted by Crippen LogP contribution is -2.34. The van der Waals surface area contributed by atoms with Crippen LogP contribution in [0.1, 0.15) is 28.9 Å². The number of hydrogen-bond donors (Lipinski definition) is 2. The van der Waals surface area contributed by atoms with Crippen LogP contribution in [0.5, 0.6) is 0 Å². The summed E-state index contributed by atoms with van der Waals surface area (Å²) in [5.41, 5.74) is 1.78. The zero-order chi connectivity index (χ0) is 17.7. The molecule has 25 heavy (non-hydrogen) atoms. The number of esters is 1. The van der Waals surface area contributed by atoms with Gasteiger partial charge in [-0.15, -0.1) is 0 Å². The molecule has 0 unspecified atom stereocenters. The van der Waals surface area contributed by atoms with Gasteiger partial charge in [0.2, 0.25) is 0 Å². The number of carbonyl (C=O) groups excluding carboxylic acids is 2. The van der Waals surface area contributed by atoms with Crippen molar-refractivity contribution < 1.29 is 14.3 Å². The molecule has 1 aromatic carbocycles. The third-order valence-electron chi connectivity index (χ3n) is 4.38. The molecule has 1 fully saturated rings. The van der Waals surface area contributed by atoms with Crippen LogP contribution in [-0.2, 0) is 16.1 Å². The normalized spacial score (nSPS) is 14.4. The first-order valence-corrected chi connectivity index (χ1v) is 8.23. The standard InChI is InChI=1S/C19H21N3O3/c1-25-18(24)19(8-9-19)13-22-17(23)14-5-4-7-15(11-14)21-12-16-6-2-3-10-20-16/h2-7,10-11,21H,8-9,12-13H2,1H3,(H,22,23). The summed E-state index contributed by atoms with van der Waals surface area (Å²) in [5, 5.41) is 6.09. The fourth-order valence-electron chi connectivity index (χ4n) is 2.64. The fourth-order valence-corrected chi connectivity index (χ4v) is 2.64. The highest BCUT2D eigenvalue weighted by molar-refractivity contribution is 5.95. The van der Waals surface area contributed by atoms with Gasteiger partial charge < -0.3 is 15.4 Å². The number of benzene rings is 1. The maximum absolute atomic E-state index is 12.4. The first-order chi connectivity index (χ1) is 12.1. The van der Waals surface area contributed by atoms with E-state index >= 15 is 0 Å². The molecule has 1 saturated carbocycles. The lowest BCUT2D eigenvalue weighted by molar-refractivity contribution is -0.146. The molecule has 6 heteroatoms. The highest BCUT2D eigenvalue weighted by Gasteiger charge is 2.51. The Hall–Kier alpha value is -2.89. The lowest BCUT2D eigenvalue weighted by Gasteiger charge is -2.14. The summed E-state index contributed by atoms with van der Waals surface area (Å²) in [6.07, 6.45) is 3.26. The molecular weight excluding hydrogens is 318 g/mol. The second-order valence-electron chi connectivity index (χ2n) is 6.21. The van der Waals surface area contributed by atoms with Crippen LogP contribution in [0.4, 0.5) is 5.69 Å². The van der Waals surface area contributed by atoms with Gasteiger partial charge in [0.1, 0.15) is 0 Å². The highest BCUT2D eigenvalue weighted by atomic mass is 16.5. The maximum Gasteiger partial charge on any atom is 0.313 e. The summed E-state index contributed by atoms with van der Waals surface area (Å²) in [5.74, 6) is -0.449. The lowest BCUT2D eigenvalue weighted by atomic mass is 10.1. The van der Waals surface area contributed by atoms with Crippen LogP contribution in [0.15, 0.2) is 48.7 Å². The first kappa shape index (κ1) is 17.0. The van der Waals surface area contributed by atoms with E-state index in [4.69, 9.17) is 4.74 Å². The van der Waals surface area contributed by atoms with E-state index in [2.05, 4.69) is 15.6 Å². The van der Waals surface area contributed by atoms with Crippen LogP contribution >= 0.6 is 0 Å². The van der Waals surface area contributed by atoms with E-state index in [1.54, 1.807) is 18.3 Å². The summed E-state index contributed by atoms with van der Waals surface area (Å²) < 4.78 is 4.80. The average Bonchev–Trinajstić information content (AvgIpc) is 3.46. The van der Waals surface area contributed by atoms with E-state index in [0.29, 0.717) is 18.7 Å². The van der Waals surface area contributed by atoms with Crippen molar-refractivity contribution in [2.24, 2.45) is 5.41 Å². The Morgan fingerprint density at radius 1 is 1.20 bits per heavy atom. The van der Waals surface area contributed by atoms with Crippen LogP contribution < -0.4 is 10.6 Å². The molecule has 0 bridgehead atoms. The monoisotopic (exact) mass is 339 g/mol. The van der Waals surface area contributed by atoms with Crippen LogP contribution in [0.2, 0.25) is 0 Å². The maximum atomic E-state index is 12.4. The number of nitrogens with zero attached hydrogens (tertiary/aromatic N) is 1. The number of aromatic nitrogens is 1. The molecule has 0 aliphatic heterocycles. The zero-order valence-electron chi connectivity index (χ0n) is 14.1. The average molecular weight is 339 g/mol.